The summed E-state index contributed by atoms with van der Waals surface area (Å²) in [6, 6.07) is -0.189. The fourth-order valence-electron chi connectivity index (χ4n) is 1.23. The van der Waals surface area contributed by atoms with Gasteiger partial charge in [0.25, 0.3) is 0 Å². The summed E-state index contributed by atoms with van der Waals surface area (Å²) in [7, 11) is 0. The van der Waals surface area contributed by atoms with Crippen LogP contribution in [0.1, 0.15) is 13.8 Å². The van der Waals surface area contributed by atoms with Crippen molar-refractivity contribution >= 4 is 23.8 Å². The molecule has 0 saturated carbocycles. The molecule has 0 aliphatic rings. The van der Waals surface area contributed by atoms with Gasteiger partial charge >= 0.3 is 0 Å². The zero-order valence-electron chi connectivity index (χ0n) is 12.5. The SMILES string of the molecule is CSOCC(N)COC(C)(C)OCC(CO)SCCN. The second-order valence-electron chi connectivity index (χ2n) is 4.70. The average molecular weight is 329 g/mol. The molecule has 0 heterocycles. The van der Waals surface area contributed by atoms with Crippen LogP contribution in [0.2, 0.25) is 0 Å². The van der Waals surface area contributed by atoms with E-state index in [0.717, 1.165) is 5.75 Å². The molecule has 2 atom stereocenters. The molecule has 20 heavy (non-hydrogen) atoms. The van der Waals surface area contributed by atoms with Crippen LogP contribution in [0.25, 0.3) is 0 Å². The van der Waals surface area contributed by atoms with Crippen LogP contribution >= 0.6 is 23.8 Å². The van der Waals surface area contributed by atoms with Gasteiger partial charge in [-0.1, -0.05) is 0 Å². The lowest BCUT2D eigenvalue weighted by Crippen LogP contribution is -2.39. The van der Waals surface area contributed by atoms with Crippen molar-refractivity contribution in [1.29, 1.82) is 0 Å². The molecule has 0 aliphatic heterocycles. The number of thioether (sulfide) groups is 1. The number of ether oxygens (including phenoxy) is 2. The van der Waals surface area contributed by atoms with Crippen LogP contribution in [0.4, 0.5) is 0 Å². The van der Waals surface area contributed by atoms with Crippen molar-refractivity contribution in [3.05, 3.63) is 0 Å². The van der Waals surface area contributed by atoms with Gasteiger partial charge < -0.3 is 30.2 Å². The molecule has 122 valence electrons. The second kappa shape index (κ2) is 12.0. The van der Waals surface area contributed by atoms with E-state index in [1.54, 1.807) is 11.8 Å². The summed E-state index contributed by atoms with van der Waals surface area (Å²) in [6.07, 6.45) is 1.84. The highest BCUT2D eigenvalue weighted by molar-refractivity contribution is 8.00. The van der Waals surface area contributed by atoms with E-state index in [9.17, 15) is 5.11 Å². The van der Waals surface area contributed by atoms with Crippen LogP contribution in [-0.2, 0) is 13.7 Å². The quantitative estimate of drug-likeness (QED) is 0.331. The van der Waals surface area contributed by atoms with Gasteiger partial charge in [0.05, 0.1) is 37.7 Å². The van der Waals surface area contributed by atoms with Gasteiger partial charge in [0.15, 0.2) is 5.79 Å². The first-order valence-corrected chi connectivity index (χ1v) is 8.76. The minimum Gasteiger partial charge on any atom is -0.395 e. The van der Waals surface area contributed by atoms with Crippen molar-refractivity contribution in [1.82, 2.24) is 0 Å². The summed E-state index contributed by atoms with van der Waals surface area (Å²) in [5.74, 6) is 0.0560. The van der Waals surface area contributed by atoms with Gasteiger partial charge in [0.2, 0.25) is 0 Å². The van der Waals surface area contributed by atoms with Crippen LogP contribution in [0.15, 0.2) is 0 Å². The van der Waals surface area contributed by atoms with Gasteiger partial charge in [-0.05, 0) is 25.9 Å². The lowest BCUT2D eigenvalue weighted by Gasteiger charge is -2.29. The van der Waals surface area contributed by atoms with Crippen LogP contribution in [0.3, 0.4) is 0 Å². The number of hydrogen-bond acceptors (Lipinski definition) is 8. The molecule has 6 nitrogen and oxygen atoms in total. The minimum absolute atomic E-state index is 0.00919. The monoisotopic (exact) mass is 328 g/mol. The van der Waals surface area contributed by atoms with Gasteiger partial charge in [-0.15, -0.1) is 0 Å². The van der Waals surface area contributed by atoms with Gasteiger partial charge in [-0.2, -0.15) is 11.8 Å². The Bertz CT molecular complexity index is 236. The molecule has 0 rings (SSSR count). The van der Waals surface area contributed by atoms with Crippen molar-refractivity contribution in [3.8, 4) is 0 Å². The highest BCUT2D eigenvalue weighted by Gasteiger charge is 2.22. The molecule has 5 N–H and O–H groups in total. The van der Waals surface area contributed by atoms with Crippen LogP contribution < -0.4 is 11.5 Å². The first kappa shape index (κ1) is 20.5. The Morgan fingerprint density at radius 3 is 2.40 bits per heavy atom. The fraction of sp³-hybridized carbons (Fsp3) is 1.00. The largest absolute Gasteiger partial charge is 0.395 e. The third-order valence-corrected chi connectivity index (χ3v) is 3.94. The predicted octanol–water partition coefficient (Wildman–Crippen LogP) is 0.430. The van der Waals surface area contributed by atoms with E-state index in [4.69, 9.17) is 25.1 Å². The molecular weight excluding hydrogens is 300 g/mol. The van der Waals surface area contributed by atoms with Crippen LogP contribution in [0.5, 0.6) is 0 Å². The molecule has 0 aliphatic carbocycles. The Morgan fingerprint density at radius 2 is 1.85 bits per heavy atom. The van der Waals surface area contributed by atoms with Crippen molar-refractivity contribution < 1.29 is 18.8 Å². The third kappa shape index (κ3) is 11.2. The molecule has 0 amide bonds. The van der Waals surface area contributed by atoms with Crippen molar-refractivity contribution in [3.63, 3.8) is 0 Å². The Labute approximate surface area is 130 Å². The van der Waals surface area contributed by atoms with E-state index >= 15 is 0 Å². The lowest BCUT2D eigenvalue weighted by atomic mass is 10.3. The van der Waals surface area contributed by atoms with E-state index in [1.165, 1.54) is 12.0 Å². The van der Waals surface area contributed by atoms with Crippen molar-refractivity contribution in [2.75, 3.05) is 45.0 Å². The first-order valence-electron chi connectivity index (χ1n) is 6.56. The Morgan fingerprint density at radius 1 is 1.20 bits per heavy atom. The average Bonchev–Trinajstić information content (AvgIpc) is 2.43. The Balaban J connectivity index is 3.91. The molecule has 8 heteroatoms. The van der Waals surface area contributed by atoms with Gasteiger partial charge in [0, 0.05) is 18.6 Å². The summed E-state index contributed by atoms with van der Waals surface area (Å²) in [4.78, 5) is 0. The molecule has 0 aromatic carbocycles. The van der Waals surface area contributed by atoms with Gasteiger partial charge in [-0.3, -0.25) is 0 Å². The van der Waals surface area contributed by atoms with E-state index in [1.807, 2.05) is 20.1 Å². The molecule has 2 unspecified atom stereocenters. The summed E-state index contributed by atoms with van der Waals surface area (Å²) in [5.41, 5.74) is 11.3. The number of hydrogen-bond donors (Lipinski definition) is 3. The predicted molar refractivity (Wildman–Crippen MR) is 85.8 cm³/mol. The van der Waals surface area contributed by atoms with Crippen molar-refractivity contribution in [2.24, 2.45) is 11.5 Å². The maximum absolute atomic E-state index is 9.24. The van der Waals surface area contributed by atoms with E-state index in [2.05, 4.69) is 0 Å². The van der Waals surface area contributed by atoms with E-state index < -0.39 is 5.79 Å². The molecule has 0 radical (unpaired) electrons. The Hall–Kier alpha value is 0.460. The van der Waals surface area contributed by atoms with Crippen molar-refractivity contribution in [2.45, 2.75) is 30.9 Å². The molecule has 0 fully saturated rings. The number of nitrogens with two attached hydrogens (primary N) is 2. The van der Waals surface area contributed by atoms with Crippen LogP contribution in [-0.4, -0.2) is 67.2 Å². The van der Waals surface area contributed by atoms with Gasteiger partial charge in [0.1, 0.15) is 0 Å². The maximum atomic E-state index is 9.24. The summed E-state index contributed by atoms with van der Waals surface area (Å²) in [5, 5.41) is 9.25. The fourth-order valence-corrected chi connectivity index (χ4v) is 2.28. The zero-order valence-corrected chi connectivity index (χ0v) is 14.2. The standard InChI is InChI=1S/C12H28N2O4S2/c1-12(2,16-7-10(14)8-18-19-3)17-9-11(6-15)20-5-4-13/h10-11,15H,4-9,13-14H2,1-3H3. The minimum atomic E-state index is -0.742. The normalized spacial score (nSPS) is 15.3. The van der Waals surface area contributed by atoms with Crippen LogP contribution in [0, 0.1) is 0 Å². The lowest BCUT2D eigenvalue weighted by molar-refractivity contribution is -0.216. The molecule has 0 spiro atoms. The Kier molecular flexibility index (Phi) is 12.3. The molecule has 0 saturated heterocycles. The highest BCUT2D eigenvalue weighted by Crippen LogP contribution is 2.16. The zero-order chi connectivity index (χ0) is 15.4. The topological polar surface area (TPSA) is 100.0 Å². The summed E-state index contributed by atoms with van der Waals surface area (Å²) >= 11 is 2.88. The second-order valence-corrected chi connectivity index (χ2v) is 6.67. The maximum Gasteiger partial charge on any atom is 0.162 e. The number of aliphatic hydroxyl groups is 1. The molecule has 0 bridgehead atoms. The van der Waals surface area contributed by atoms with E-state index in [0.29, 0.717) is 26.4 Å². The first-order chi connectivity index (χ1) is 9.45. The summed E-state index contributed by atoms with van der Waals surface area (Å²) < 4.78 is 16.5. The smallest absolute Gasteiger partial charge is 0.162 e. The summed E-state index contributed by atoms with van der Waals surface area (Å²) in [6.45, 7) is 5.50. The molecule has 0 aromatic heterocycles. The molecular formula is C12H28N2O4S2. The molecule has 0 aromatic rings. The highest BCUT2D eigenvalue weighted by atomic mass is 32.2. The van der Waals surface area contributed by atoms with E-state index in [-0.39, 0.29) is 17.9 Å². The number of rotatable bonds is 13. The third-order valence-electron chi connectivity index (χ3n) is 2.34. The number of aliphatic hydroxyl groups excluding tert-OH is 1. The van der Waals surface area contributed by atoms with Gasteiger partial charge in [-0.25, -0.2) is 0 Å².